The van der Waals surface area contributed by atoms with E-state index in [0.29, 0.717) is 19.4 Å². The van der Waals surface area contributed by atoms with E-state index in [4.69, 9.17) is 5.73 Å². The number of carbonyl (C=O) groups is 2. The van der Waals surface area contributed by atoms with Crippen LogP contribution in [-0.4, -0.2) is 74.5 Å². The van der Waals surface area contributed by atoms with Gasteiger partial charge in [0.25, 0.3) is 5.91 Å². The Balaban J connectivity index is 2.03. The summed E-state index contributed by atoms with van der Waals surface area (Å²) < 4.78 is 37.5. The summed E-state index contributed by atoms with van der Waals surface area (Å²) in [5.74, 6) is -1.20. The van der Waals surface area contributed by atoms with Gasteiger partial charge >= 0.3 is 0 Å². The highest BCUT2D eigenvalue weighted by molar-refractivity contribution is 7.88. The van der Waals surface area contributed by atoms with Crippen molar-refractivity contribution in [3.05, 3.63) is 35.6 Å². The van der Waals surface area contributed by atoms with Gasteiger partial charge in [-0.2, -0.15) is 4.31 Å². The largest absolute Gasteiger partial charge is 0.340 e. The minimum atomic E-state index is -3.29. The van der Waals surface area contributed by atoms with Gasteiger partial charge in [-0.15, -0.1) is 0 Å². The standard InChI is InChI=1S/C17H25FN4O4S/c1-27(25,26)22-11-9-21(10-12-22)17(24)15(3-2-8-19)20-16(23)13-4-6-14(18)7-5-13/h4-7,15H,2-3,8-12,19H2,1H3,(H,20,23)/t15-/m0/s1. The molecule has 1 aromatic carbocycles. The van der Waals surface area contributed by atoms with Crippen molar-refractivity contribution < 1.29 is 22.4 Å². The number of nitrogens with zero attached hydrogens (tertiary/aromatic N) is 2. The van der Waals surface area contributed by atoms with Gasteiger partial charge in [0.15, 0.2) is 0 Å². The zero-order chi connectivity index (χ0) is 20.0. The highest BCUT2D eigenvalue weighted by Gasteiger charge is 2.30. The lowest BCUT2D eigenvalue weighted by Gasteiger charge is -2.35. The van der Waals surface area contributed by atoms with Gasteiger partial charge in [-0.3, -0.25) is 9.59 Å². The van der Waals surface area contributed by atoms with Crippen LogP contribution in [-0.2, 0) is 14.8 Å². The van der Waals surface area contributed by atoms with Crippen LogP contribution in [0.25, 0.3) is 0 Å². The zero-order valence-corrected chi connectivity index (χ0v) is 16.0. The fraction of sp³-hybridized carbons (Fsp3) is 0.529. The van der Waals surface area contributed by atoms with Crippen LogP contribution >= 0.6 is 0 Å². The lowest BCUT2D eigenvalue weighted by atomic mass is 10.1. The van der Waals surface area contributed by atoms with Crippen LogP contribution in [0.4, 0.5) is 4.39 Å². The van der Waals surface area contributed by atoms with Crippen molar-refractivity contribution in [2.24, 2.45) is 5.73 Å². The average Bonchev–Trinajstić information content (AvgIpc) is 2.64. The van der Waals surface area contributed by atoms with Gasteiger partial charge in [-0.05, 0) is 43.7 Å². The van der Waals surface area contributed by atoms with Crippen molar-refractivity contribution in [3.8, 4) is 0 Å². The quantitative estimate of drug-likeness (QED) is 0.656. The van der Waals surface area contributed by atoms with E-state index in [2.05, 4.69) is 5.32 Å². The third-order valence-corrected chi connectivity index (χ3v) is 5.73. The number of nitrogens with two attached hydrogens (primary N) is 1. The summed E-state index contributed by atoms with van der Waals surface area (Å²) in [4.78, 5) is 26.8. The number of sulfonamides is 1. The number of hydrogen-bond acceptors (Lipinski definition) is 5. The van der Waals surface area contributed by atoms with E-state index < -0.39 is 27.8 Å². The first-order chi connectivity index (χ1) is 12.7. The van der Waals surface area contributed by atoms with Crippen LogP contribution in [0.2, 0.25) is 0 Å². The molecule has 27 heavy (non-hydrogen) atoms. The van der Waals surface area contributed by atoms with Gasteiger partial charge in [-0.1, -0.05) is 0 Å². The molecule has 0 saturated carbocycles. The Labute approximate surface area is 158 Å². The Hall–Kier alpha value is -2.04. The predicted octanol–water partition coefficient (Wildman–Crippen LogP) is -0.233. The van der Waals surface area contributed by atoms with Crippen LogP contribution in [0.3, 0.4) is 0 Å². The fourth-order valence-corrected chi connectivity index (χ4v) is 3.71. The number of piperazine rings is 1. The first-order valence-corrected chi connectivity index (χ1v) is 10.6. The normalized spacial score (nSPS) is 16.8. The molecule has 0 aromatic heterocycles. The van der Waals surface area contributed by atoms with E-state index in [1.165, 1.54) is 28.6 Å². The molecule has 1 aromatic rings. The summed E-state index contributed by atoms with van der Waals surface area (Å²) >= 11 is 0. The van der Waals surface area contributed by atoms with Crippen LogP contribution < -0.4 is 11.1 Å². The number of amides is 2. The summed E-state index contributed by atoms with van der Waals surface area (Å²) in [6, 6.07) is 4.28. The number of rotatable bonds is 7. The van der Waals surface area contributed by atoms with E-state index in [0.717, 1.165) is 6.26 Å². The second-order valence-corrected chi connectivity index (χ2v) is 8.43. The molecule has 10 heteroatoms. The molecule has 1 heterocycles. The van der Waals surface area contributed by atoms with E-state index in [-0.39, 0.29) is 37.6 Å². The molecule has 1 atom stereocenters. The van der Waals surface area contributed by atoms with Gasteiger partial charge in [0.05, 0.1) is 6.26 Å². The Morgan fingerprint density at radius 3 is 2.30 bits per heavy atom. The SMILES string of the molecule is CS(=O)(=O)N1CCN(C(=O)[C@H](CCCN)NC(=O)c2ccc(F)cc2)CC1. The topological polar surface area (TPSA) is 113 Å². The molecular weight excluding hydrogens is 375 g/mol. The van der Waals surface area contributed by atoms with Gasteiger partial charge < -0.3 is 16.0 Å². The van der Waals surface area contributed by atoms with Crippen LogP contribution in [0.15, 0.2) is 24.3 Å². The molecule has 0 unspecified atom stereocenters. The second-order valence-electron chi connectivity index (χ2n) is 6.45. The van der Waals surface area contributed by atoms with Crippen molar-refractivity contribution in [3.63, 3.8) is 0 Å². The van der Waals surface area contributed by atoms with Crippen molar-refractivity contribution in [2.75, 3.05) is 39.0 Å². The van der Waals surface area contributed by atoms with E-state index in [1.807, 2.05) is 0 Å². The number of carbonyl (C=O) groups excluding carboxylic acids is 2. The molecule has 1 aliphatic rings. The number of hydrogen-bond donors (Lipinski definition) is 2. The second kappa shape index (κ2) is 9.25. The van der Waals surface area contributed by atoms with Gasteiger partial charge in [0.1, 0.15) is 11.9 Å². The summed E-state index contributed by atoms with van der Waals surface area (Å²) in [5.41, 5.74) is 5.78. The maximum absolute atomic E-state index is 13.0. The minimum Gasteiger partial charge on any atom is -0.340 e. The summed E-state index contributed by atoms with van der Waals surface area (Å²) in [6.07, 6.45) is 2.05. The third kappa shape index (κ3) is 5.98. The first kappa shape index (κ1) is 21.3. The van der Waals surface area contributed by atoms with Gasteiger partial charge in [0, 0.05) is 31.7 Å². The first-order valence-electron chi connectivity index (χ1n) is 8.73. The molecule has 0 bridgehead atoms. The Kier molecular flexibility index (Phi) is 7.28. The van der Waals surface area contributed by atoms with E-state index in [9.17, 15) is 22.4 Å². The zero-order valence-electron chi connectivity index (χ0n) is 15.2. The Morgan fingerprint density at radius 2 is 1.78 bits per heavy atom. The van der Waals surface area contributed by atoms with Crippen LogP contribution in [0.1, 0.15) is 23.2 Å². The molecule has 1 fully saturated rings. The molecule has 1 aliphatic heterocycles. The lowest BCUT2D eigenvalue weighted by Crippen LogP contribution is -2.55. The lowest BCUT2D eigenvalue weighted by molar-refractivity contribution is -0.134. The van der Waals surface area contributed by atoms with Crippen molar-refractivity contribution >= 4 is 21.8 Å². The smallest absolute Gasteiger partial charge is 0.251 e. The number of halogens is 1. The molecular formula is C17H25FN4O4S. The van der Waals surface area contributed by atoms with Crippen molar-refractivity contribution in [1.82, 2.24) is 14.5 Å². The van der Waals surface area contributed by atoms with E-state index in [1.54, 1.807) is 4.90 Å². The fourth-order valence-electron chi connectivity index (χ4n) is 2.88. The highest BCUT2D eigenvalue weighted by Crippen LogP contribution is 2.11. The molecule has 2 amide bonds. The summed E-state index contributed by atoms with van der Waals surface area (Å²) in [7, 11) is -3.29. The molecule has 0 radical (unpaired) electrons. The molecule has 3 N–H and O–H groups in total. The third-order valence-electron chi connectivity index (χ3n) is 4.43. The molecule has 8 nitrogen and oxygen atoms in total. The highest BCUT2D eigenvalue weighted by atomic mass is 32.2. The van der Waals surface area contributed by atoms with Crippen molar-refractivity contribution in [2.45, 2.75) is 18.9 Å². The maximum atomic E-state index is 13.0. The van der Waals surface area contributed by atoms with Gasteiger partial charge in [-0.25, -0.2) is 12.8 Å². The molecule has 0 aliphatic carbocycles. The number of nitrogens with one attached hydrogen (secondary N) is 1. The number of benzene rings is 1. The summed E-state index contributed by atoms with van der Waals surface area (Å²) in [5, 5.41) is 2.69. The molecule has 0 spiro atoms. The van der Waals surface area contributed by atoms with E-state index >= 15 is 0 Å². The molecule has 1 saturated heterocycles. The predicted molar refractivity (Wildman–Crippen MR) is 98.9 cm³/mol. The summed E-state index contributed by atoms with van der Waals surface area (Å²) in [6.45, 7) is 1.34. The Morgan fingerprint density at radius 1 is 1.19 bits per heavy atom. The Bertz CT molecular complexity index is 762. The minimum absolute atomic E-state index is 0.222. The maximum Gasteiger partial charge on any atom is 0.251 e. The molecule has 150 valence electrons. The monoisotopic (exact) mass is 400 g/mol. The molecule has 2 rings (SSSR count). The van der Waals surface area contributed by atoms with Crippen LogP contribution in [0, 0.1) is 5.82 Å². The van der Waals surface area contributed by atoms with Gasteiger partial charge in [0.2, 0.25) is 15.9 Å². The van der Waals surface area contributed by atoms with Crippen LogP contribution in [0.5, 0.6) is 0 Å². The van der Waals surface area contributed by atoms with Crippen molar-refractivity contribution in [1.29, 1.82) is 0 Å². The average molecular weight is 400 g/mol.